The Morgan fingerprint density at radius 1 is 1.35 bits per heavy atom. The molecular weight excluding hydrogens is 238 g/mol. The molecule has 0 saturated heterocycles. The maximum atomic E-state index is 11.6. The number of aromatic nitrogens is 1. The number of carbonyl (C=O) groups is 2. The minimum absolute atomic E-state index is 0.0444. The highest BCUT2D eigenvalue weighted by Crippen LogP contribution is 2.24. The third-order valence-electron chi connectivity index (χ3n) is 2.38. The van der Waals surface area contributed by atoms with Crippen LogP contribution in [0.1, 0.15) is 27.1 Å². The fourth-order valence-corrected chi connectivity index (χ4v) is 2.42. The number of nitrogens with zero attached hydrogens (tertiary/aromatic N) is 1. The first-order chi connectivity index (χ1) is 8.15. The van der Waals surface area contributed by atoms with Crippen LogP contribution in [-0.4, -0.2) is 23.4 Å². The third kappa shape index (κ3) is 2.01. The SMILES string of the molecule is COC(=O)c1sccc1-n1cccc1C(C)=O. The monoisotopic (exact) mass is 249 g/mol. The van der Waals surface area contributed by atoms with Crippen LogP contribution < -0.4 is 0 Å². The van der Waals surface area contributed by atoms with E-state index in [4.69, 9.17) is 4.74 Å². The lowest BCUT2D eigenvalue weighted by molar-refractivity contribution is 0.0606. The van der Waals surface area contributed by atoms with Gasteiger partial charge in [-0.15, -0.1) is 11.3 Å². The van der Waals surface area contributed by atoms with E-state index in [9.17, 15) is 9.59 Å². The Morgan fingerprint density at radius 3 is 2.76 bits per heavy atom. The summed E-state index contributed by atoms with van der Waals surface area (Å²) in [7, 11) is 1.34. The molecule has 0 atom stereocenters. The molecule has 0 aliphatic heterocycles. The second kappa shape index (κ2) is 4.55. The number of hydrogen-bond donors (Lipinski definition) is 0. The molecule has 5 heteroatoms. The Labute approximate surface area is 102 Å². The molecule has 17 heavy (non-hydrogen) atoms. The van der Waals surface area contributed by atoms with E-state index < -0.39 is 5.97 Å². The van der Waals surface area contributed by atoms with Crippen LogP contribution in [0.15, 0.2) is 29.8 Å². The predicted molar refractivity (Wildman–Crippen MR) is 65.0 cm³/mol. The summed E-state index contributed by atoms with van der Waals surface area (Å²) in [6, 6.07) is 5.29. The molecule has 0 radical (unpaired) electrons. The van der Waals surface area contributed by atoms with E-state index in [1.165, 1.54) is 25.4 Å². The fraction of sp³-hybridized carbons (Fsp3) is 0.167. The zero-order valence-electron chi connectivity index (χ0n) is 9.47. The summed E-state index contributed by atoms with van der Waals surface area (Å²) in [5, 5.41) is 1.80. The fourth-order valence-electron chi connectivity index (χ4n) is 1.62. The molecule has 0 N–H and O–H groups in total. The minimum Gasteiger partial charge on any atom is -0.465 e. The largest absolute Gasteiger partial charge is 0.465 e. The summed E-state index contributed by atoms with van der Waals surface area (Å²) in [6.07, 6.45) is 1.76. The Balaban J connectivity index is 2.54. The van der Waals surface area contributed by atoms with Crippen molar-refractivity contribution < 1.29 is 14.3 Å². The van der Waals surface area contributed by atoms with Crippen molar-refractivity contribution >= 4 is 23.1 Å². The van der Waals surface area contributed by atoms with E-state index in [0.717, 1.165) is 0 Å². The van der Waals surface area contributed by atoms with Crippen LogP contribution in [0.4, 0.5) is 0 Å². The van der Waals surface area contributed by atoms with Crippen molar-refractivity contribution in [1.29, 1.82) is 0 Å². The van der Waals surface area contributed by atoms with Crippen LogP contribution in [0.3, 0.4) is 0 Å². The highest BCUT2D eigenvalue weighted by atomic mass is 32.1. The van der Waals surface area contributed by atoms with Crippen molar-refractivity contribution in [2.45, 2.75) is 6.92 Å². The van der Waals surface area contributed by atoms with Gasteiger partial charge in [0.1, 0.15) is 4.88 Å². The maximum Gasteiger partial charge on any atom is 0.350 e. The van der Waals surface area contributed by atoms with E-state index in [2.05, 4.69) is 0 Å². The zero-order chi connectivity index (χ0) is 12.4. The summed E-state index contributed by atoms with van der Waals surface area (Å²) < 4.78 is 6.41. The second-order valence-corrected chi connectivity index (χ2v) is 4.36. The quantitative estimate of drug-likeness (QED) is 0.620. The average Bonchev–Trinajstić information content (AvgIpc) is 2.95. The molecule has 0 spiro atoms. The first-order valence-corrected chi connectivity index (χ1v) is 5.87. The van der Waals surface area contributed by atoms with Crippen LogP contribution in [0.5, 0.6) is 0 Å². The molecule has 0 bridgehead atoms. The summed E-state index contributed by atoms with van der Waals surface area (Å²) in [5.74, 6) is -0.435. The van der Waals surface area contributed by atoms with Crippen molar-refractivity contribution in [1.82, 2.24) is 4.57 Å². The van der Waals surface area contributed by atoms with Gasteiger partial charge >= 0.3 is 5.97 Å². The number of esters is 1. The first-order valence-electron chi connectivity index (χ1n) is 4.99. The van der Waals surface area contributed by atoms with Gasteiger partial charge in [-0.25, -0.2) is 4.79 Å². The number of Topliss-reactive ketones (excluding diaryl/α,β-unsaturated/α-hetero) is 1. The minimum atomic E-state index is -0.391. The van der Waals surface area contributed by atoms with Gasteiger partial charge in [-0.3, -0.25) is 4.79 Å². The van der Waals surface area contributed by atoms with Crippen molar-refractivity contribution in [3.8, 4) is 5.69 Å². The van der Waals surface area contributed by atoms with Gasteiger partial charge in [-0.05, 0) is 23.6 Å². The Kier molecular flexibility index (Phi) is 3.10. The van der Waals surface area contributed by atoms with Crippen LogP contribution >= 0.6 is 11.3 Å². The van der Waals surface area contributed by atoms with Gasteiger partial charge in [0.2, 0.25) is 0 Å². The number of rotatable bonds is 3. The summed E-state index contributed by atoms with van der Waals surface area (Å²) in [4.78, 5) is 23.5. The first kappa shape index (κ1) is 11.6. The predicted octanol–water partition coefficient (Wildman–Crippen LogP) is 2.53. The molecule has 0 aromatic carbocycles. The highest BCUT2D eigenvalue weighted by Gasteiger charge is 2.17. The van der Waals surface area contributed by atoms with Gasteiger partial charge in [0.15, 0.2) is 5.78 Å². The van der Waals surface area contributed by atoms with Gasteiger partial charge in [0.05, 0.1) is 18.5 Å². The summed E-state index contributed by atoms with van der Waals surface area (Å²) in [6.45, 7) is 1.50. The molecule has 0 aliphatic carbocycles. The molecule has 0 aliphatic rings. The van der Waals surface area contributed by atoms with E-state index in [0.29, 0.717) is 16.3 Å². The van der Waals surface area contributed by atoms with Crippen LogP contribution in [0, 0.1) is 0 Å². The molecule has 2 heterocycles. The van der Waals surface area contributed by atoms with Crippen LogP contribution in [-0.2, 0) is 4.74 Å². The molecule has 88 valence electrons. The molecule has 0 unspecified atom stereocenters. The molecule has 2 rings (SSSR count). The van der Waals surface area contributed by atoms with Crippen molar-refractivity contribution in [2.24, 2.45) is 0 Å². The van der Waals surface area contributed by atoms with Gasteiger partial charge in [0.25, 0.3) is 0 Å². The zero-order valence-corrected chi connectivity index (χ0v) is 10.3. The lowest BCUT2D eigenvalue weighted by atomic mass is 10.3. The normalized spacial score (nSPS) is 10.2. The number of ketones is 1. The third-order valence-corrected chi connectivity index (χ3v) is 3.27. The number of ether oxygens (including phenoxy) is 1. The summed E-state index contributed by atoms with van der Waals surface area (Å²) in [5.41, 5.74) is 1.23. The van der Waals surface area contributed by atoms with E-state index in [1.54, 1.807) is 34.3 Å². The molecule has 0 saturated carbocycles. The number of methoxy groups -OCH3 is 1. The molecule has 0 amide bonds. The smallest absolute Gasteiger partial charge is 0.350 e. The summed E-state index contributed by atoms with van der Waals surface area (Å²) >= 11 is 1.29. The Bertz CT molecular complexity index is 568. The number of hydrogen-bond acceptors (Lipinski definition) is 4. The molecule has 0 fully saturated rings. The van der Waals surface area contributed by atoms with Gasteiger partial charge < -0.3 is 9.30 Å². The van der Waals surface area contributed by atoms with Gasteiger partial charge in [0, 0.05) is 13.1 Å². The van der Waals surface area contributed by atoms with Gasteiger partial charge in [-0.2, -0.15) is 0 Å². The Morgan fingerprint density at radius 2 is 2.12 bits per heavy atom. The lowest BCUT2D eigenvalue weighted by Crippen LogP contribution is -2.07. The molecule has 2 aromatic heterocycles. The Hall–Kier alpha value is -1.88. The van der Waals surface area contributed by atoms with E-state index in [1.807, 2.05) is 0 Å². The van der Waals surface area contributed by atoms with Crippen molar-refractivity contribution in [2.75, 3.05) is 7.11 Å². The van der Waals surface area contributed by atoms with E-state index in [-0.39, 0.29) is 5.78 Å². The van der Waals surface area contributed by atoms with Crippen LogP contribution in [0.2, 0.25) is 0 Å². The molecule has 2 aromatic rings. The van der Waals surface area contributed by atoms with Crippen molar-refractivity contribution in [3.63, 3.8) is 0 Å². The number of carbonyl (C=O) groups excluding carboxylic acids is 2. The van der Waals surface area contributed by atoms with Gasteiger partial charge in [-0.1, -0.05) is 0 Å². The van der Waals surface area contributed by atoms with Crippen molar-refractivity contribution in [3.05, 3.63) is 40.3 Å². The second-order valence-electron chi connectivity index (χ2n) is 3.45. The van der Waals surface area contributed by atoms with E-state index >= 15 is 0 Å². The number of thiophene rings is 1. The topological polar surface area (TPSA) is 48.3 Å². The molecular formula is C12H11NO3S. The van der Waals surface area contributed by atoms with Crippen LogP contribution in [0.25, 0.3) is 5.69 Å². The maximum absolute atomic E-state index is 11.6. The molecule has 4 nitrogen and oxygen atoms in total. The average molecular weight is 249 g/mol. The standard InChI is InChI=1S/C12H11NO3S/c1-8(14)9-4-3-6-13(9)10-5-7-17-11(10)12(15)16-2/h3-7H,1-2H3. The lowest BCUT2D eigenvalue weighted by Gasteiger charge is -2.06. The highest BCUT2D eigenvalue weighted by molar-refractivity contribution is 7.12.